The first-order valence-corrected chi connectivity index (χ1v) is 7.69. The van der Waals surface area contributed by atoms with Crippen LogP contribution in [0.4, 0.5) is 11.4 Å². The van der Waals surface area contributed by atoms with Gasteiger partial charge in [0.25, 0.3) is 0 Å². The van der Waals surface area contributed by atoms with Gasteiger partial charge < -0.3 is 15.4 Å². The van der Waals surface area contributed by atoms with Gasteiger partial charge in [0.15, 0.2) is 0 Å². The van der Waals surface area contributed by atoms with Gasteiger partial charge >= 0.3 is 0 Å². The van der Waals surface area contributed by atoms with Crippen molar-refractivity contribution in [3.05, 3.63) is 18.2 Å². The van der Waals surface area contributed by atoms with Crippen molar-refractivity contribution in [1.29, 1.82) is 0 Å². The summed E-state index contributed by atoms with van der Waals surface area (Å²) in [5.74, 6) is 0. The molecule has 20 heavy (non-hydrogen) atoms. The SMILES string of the molecule is COCC(C)N(C)c1ccc(S(=O)(=O)N(C)C)cc1N. The number of likely N-dealkylation sites (N-methyl/N-ethyl adjacent to an activating group) is 1. The summed E-state index contributed by atoms with van der Waals surface area (Å²) in [6.45, 7) is 2.57. The van der Waals surface area contributed by atoms with E-state index in [1.807, 2.05) is 18.9 Å². The molecule has 0 spiro atoms. The second-order valence-electron chi connectivity index (χ2n) is 4.92. The highest BCUT2D eigenvalue weighted by atomic mass is 32.2. The normalized spacial score (nSPS) is 13.5. The third-order valence-electron chi connectivity index (χ3n) is 3.23. The molecule has 0 aliphatic heterocycles. The van der Waals surface area contributed by atoms with Gasteiger partial charge in [-0.05, 0) is 25.1 Å². The lowest BCUT2D eigenvalue weighted by molar-refractivity contribution is 0.183. The van der Waals surface area contributed by atoms with E-state index in [4.69, 9.17) is 10.5 Å². The van der Waals surface area contributed by atoms with Crippen molar-refractivity contribution in [3.8, 4) is 0 Å². The monoisotopic (exact) mass is 301 g/mol. The van der Waals surface area contributed by atoms with E-state index in [1.54, 1.807) is 19.2 Å². The molecule has 0 aromatic heterocycles. The molecule has 2 N–H and O–H groups in total. The van der Waals surface area contributed by atoms with Crippen LogP contribution in [-0.2, 0) is 14.8 Å². The van der Waals surface area contributed by atoms with Crippen LogP contribution < -0.4 is 10.6 Å². The van der Waals surface area contributed by atoms with Crippen molar-refractivity contribution >= 4 is 21.4 Å². The van der Waals surface area contributed by atoms with Gasteiger partial charge in [-0.2, -0.15) is 0 Å². The van der Waals surface area contributed by atoms with Crippen molar-refractivity contribution in [3.63, 3.8) is 0 Å². The first-order valence-electron chi connectivity index (χ1n) is 6.25. The van der Waals surface area contributed by atoms with Crippen LogP contribution in [0.15, 0.2) is 23.1 Å². The Kier molecular flexibility index (Phi) is 5.38. The topological polar surface area (TPSA) is 75.9 Å². The summed E-state index contributed by atoms with van der Waals surface area (Å²) in [4.78, 5) is 2.15. The Morgan fingerprint density at radius 2 is 1.90 bits per heavy atom. The Morgan fingerprint density at radius 3 is 2.35 bits per heavy atom. The minimum Gasteiger partial charge on any atom is -0.397 e. The number of nitrogens with two attached hydrogens (primary N) is 1. The fraction of sp³-hybridized carbons (Fsp3) is 0.538. The lowest BCUT2D eigenvalue weighted by Gasteiger charge is -2.28. The van der Waals surface area contributed by atoms with E-state index in [0.717, 1.165) is 5.69 Å². The molecule has 7 heteroatoms. The maximum Gasteiger partial charge on any atom is 0.242 e. The predicted octanol–water partition coefficient (Wildman–Crippen LogP) is 0.990. The highest BCUT2D eigenvalue weighted by Crippen LogP contribution is 2.27. The minimum absolute atomic E-state index is 0.138. The summed E-state index contributed by atoms with van der Waals surface area (Å²) < 4.78 is 30.4. The van der Waals surface area contributed by atoms with E-state index in [9.17, 15) is 8.42 Å². The van der Waals surface area contributed by atoms with Gasteiger partial charge in [0, 0.05) is 34.3 Å². The smallest absolute Gasteiger partial charge is 0.242 e. The molecule has 0 aliphatic carbocycles. The molecule has 0 heterocycles. The maximum absolute atomic E-state index is 12.0. The fourth-order valence-electron chi connectivity index (χ4n) is 1.82. The largest absolute Gasteiger partial charge is 0.397 e. The molecular formula is C13H23N3O3S. The van der Waals surface area contributed by atoms with Gasteiger partial charge in [-0.15, -0.1) is 0 Å². The molecule has 0 bridgehead atoms. The number of ether oxygens (including phenoxy) is 1. The third-order valence-corrected chi connectivity index (χ3v) is 5.04. The maximum atomic E-state index is 12.0. The van der Waals surface area contributed by atoms with Gasteiger partial charge in [-0.25, -0.2) is 12.7 Å². The van der Waals surface area contributed by atoms with Crippen molar-refractivity contribution in [2.24, 2.45) is 0 Å². The molecule has 0 amide bonds. The second kappa shape index (κ2) is 6.43. The molecule has 1 rings (SSSR count). The number of methoxy groups -OCH3 is 1. The molecule has 0 saturated heterocycles. The van der Waals surface area contributed by atoms with Gasteiger partial charge in [0.1, 0.15) is 0 Å². The zero-order valence-corrected chi connectivity index (χ0v) is 13.4. The van der Waals surface area contributed by atoms with Crippen LogP contribution in [0.2, 0.25) is 0 Å². The molecular weight excluding hydrogens is 278 g/mol. The number of hydrogen-bond donors (Lipinski definition) is 1. The minimum atomic E-state index is -3.46. The molecule has 0 saturated carbocycles. The standard InChI is InChI=1S/C13H23N3O3S/c1-10(9-19-5)16(4)13-7-6-11(8-12(13)14)20(17,18)15(2)3/h6-8,10H,9,14H2,1-5H3. The highest BCUT2D eigenvalue weighted by molar-refractivity contribution is 7.89. The summed E-state index contributed by atoms with van der Waals surface area (Å²) in [7, 11) is 3.06. The summed E-state index contributed by atoms with van der Waals surface area (Å²) in [6.07, 6.45) is 0. The summed E-state index contributed by atoms with van der Waals surface area (Å²) >= 11 is 0. The van der Waals surface area contributed by atoms with Gasteiger partial charge in [0.05, 0.1) is 22.9 Å². The molecule has 6 nitrogen and oxygen atoms in total. The van der Waals surface area contributed by atoms with E-state index in [2.05, 4.69) is 0 Å². The molecule has 0 radical (unpaired) electrons. The van der Waals surface area contributed by atoms with E-state index in [0.29, 0.717) is 12.3 Å². The van der Waals surface area contributed by atoms with Gasteiger partial charge in [-0.3, -0.25) is 0 Å². The predicted molar refractivity (Wildman–Crippen MR) is 81.5 cm³/mol. The molecule has 1 aromatic carbocycles. The average molecular weight is 301 g/mol. The zero-order valence-electron chi connectivity index (χ0n) is 12.6. The number of hydrogen-bond acceptors (Lipinski definition) is 5. The number of rotatable bonds is 6. The summed E-state index contributed by atoms with van der Waals surface area (Å²) in [5, 5.41) is 0. The molecule has 1 atom stereocenters. The Balaban J connectivity index is 3.12. The van der Waals surface area contributed by atoms with Crippen molar-refractivity contribution < 1.29 is 13.2 Å². The lowest BCUT2D eigenvalue weighted by atomic mass is 10.2. The Bertz CT molecular complexity index is 558. The highest BCUT2D eigenvalue weighted by Gasteiger charge is 2.20. The molecule has 1 aromatic rings. The van der Waals surface area contributed by atoms with Crippen LogP contribution in [0.1, 0.15) is 6.92 Å². The second-order valence-corrected chi connectivity index (χ2v) is 7.08. The number of sulfonamides is 1. The number of nitrogen functional groups attached to an aromatic ring is 1. The molecule has 0 fully saturated rings. The molecule has 1 unspecified atom stereocenters. The first-order chi connectivity index (χ1) is 9.21. The van der Waals surface area contributed by atoms with E-state index in [1.165, 1.54) is 24.5 Å². The van der Waals surface area contributed by atoms with Crippen LogP contribution in [-0.4, -0.2) is 53.6 Å². The van der Waals surface area contributed by atoms with Crippen molar-refractivity contribution in [2.45, 2.75) is 17.9 Å². The number of nitrogens with zero attached hydrogens (tertiary/aromatic N) is 2. The average Bonchev–Trinajstić information content (AvgIpc) is 2.37. The van der Waals surface area contributed by atoms with Gasteiger partial charge in [-0.1, -0.05) is 0 Å². The summed E-state index contributed by atoms with van der Waals surface area (Å²) in [6, 6.07) is 4.91. The number of benzene rings is 1. The van der Waals surface area contributed by atoms with Crippen LogP contribution >= 0.6 is 0 Å². The van der Waals surface area contributed by atoms with Crippen LogP contribution in [0.5, 0.6) is 0 Å². The van der Waals surface area contributed by atoms with Crippen LogP contribution in [0.25, 0.3) is 0 Å². The quantitative estimate of drug-likeness (QED) is 0.793. The third kappa shape index (κ3) is 3.41. The fourth-order valence-corrected chi connectivity index (χ4v) is 2.75. The van der Waals surface area contributed by atoms with E-state index < -0.39 is 10.0 Å². The van der Waals surface area contributed by atoms with E-state index in [-0.39, 0.29) is 10.9 Å². The zero-order chi connectivity index (χ0) is 15.5. The first kappa shape index (κ1) is 16.7. The van der Waals surface area contributed by atoms with Gasteiger partial charge in [0.2, 0.25) is 10.0 Å². The van der Waals surface area contributed by atoms with E-state index >= 15 is 0 Å². The number of anilines is 2. The lowest BCUT2D eigenvalue weighted by Crippen LogP contribution is -2.33. The molecule has 0 aliphatic rings. The molecule has 114 valence electrons. The van der Waals surface area contributed by atoms with Crippen LogP contribution in [0, 0.1) is 0 Å². The Labute approximate surface area is 121 Å². The Morgan fingerprint density at radius 1 is 1.30 bits per heavy atom. The van der Waals surface area contributed by atoms with Crippen molar-refractivity contribution in [1.82, 2.24) is 4.31 Å². The van der Waals surface area contributed by atoms with Crippen LogP contribution in [0.3, 0.4) is 0 Å². The van der Waals surface area contributed by atoms with Crippen molar-refractivity contribution in [2.75, 3.05) is 45.5 Å². The summed E-state index contributed by atoms with van der Waals surface area (Å²) in [5.41, 5.74) is 7.20. The Hall–Kier alpha value is -1.31.